The number of carbonyl (C=O) groups is 3. The first-order chi connectivity index (χ1) is 17.3. The second kappa shape index (κ2) is 11.4. The molecule has 10 nitrogen and oxygen atoms in total. The third-order valence-electron chi connectivity index (χ3n) is 6.68. The maximum atomic E-state index is 13.4. The zero-order chi connectivity index (χ0) is 25.7. The molecular formula is C26H35N7O3. The van der Waals surface area contributed by atoms with Crippen molar-refractivity contribution in [3.63, 3.8) is 0 Å². The van der Waals surface area contributed by atoms with E-state index in [2.05, 4.69) is 20.7 Å². The van der Waals surface area contributed by atoms with Crippen molar-refractivity contribution in [3.05, 3.63) is 47.3 Å². The van der Waals surface area contributed by atoms with Crippen LogP contribution in [0.2, 0.25) is 0 Å². The molecule has 36 heavy (non-hydrogen) atoms. The Balaban J connectivity index is 1.56. The van der Waals surface area contributed by atoms with Gasteiger partial charge in [-0.1, -0.05) is 12.1 Å². The predicted octanol–water partition coefficient (Wildman–Crippen LogP) is 2.24. The van der Waals surface area contributed by atoms with Gasteiger partial charge in [0.05, 0.1) is 6.54 Å². The summed E-state index contributed by atoms with van der Waals surface area (Å²) in [5.41, 5.74) is 2.90. The van der Waals surface area contributed by atoms with E-state index >= 15 is 0 Å². The maximum absolute atomic E-state index is 13.4. The molecule has 2 N–H and O–H groups in total. The van der Waals surface area contributed by atoms with Crippen molar-refractivity contribution in [2.45, 2.75) is 52.0 Å². The van der Waals surface area contributed by atoms with Gasteiger partial charge in [0.25, 0.3) is 5.91 Å². The third kappa shape index (κ3) is 6.30. The molecule has 0 radical (unpaired) electrons. The molecule has 0 bridgehead atoms. The Bertz CT molecular complexity index is 1130. The van der Waals surface area contributed by atoms with Crippen LogP contribution in [0.4, 0.5) is 5.69 Å². The highest BCUT2D eigenvalue weighted by Gasteiger charge is 2.30. The molecule has 0 unspecified atom stereocenters. The summed E-state index contributed by atoms with van der Waals surface area (Å²) in [6, 6.07) is 8.68. The Morgan fingerprint density at radius 1 is 1.08 bits per heavy atom. The highest BCUT2D eigenvalue weighted by Crippen LogP contribution is 2.17. The second-order valence-electron chi connectivity index (χ2n) is 9.58. The quantitative estimate of drug-likeness (QED) is 0.490. The number of guanidine groups is 1. The number of aromatic nitrogens is 2. The van der Waals surface area contributed by atoms with Crippen LogP contribution in [0.1, 0.15) is 53.8 Å². The van der Waals surface area contributed by atoms with Crippen molar-refractivity contribution in [2.75, 3.05) is 31.5 Å². The minimum atomic E-state index is -0.697. The van der Waals surface area contributed by atoms with Crippen molar-refractivity contribution in [1.29, 1.82) is 0 Å². The van der Waals surface area contributed by atoms with Gasteiger partial charge in [0.1, 0.15) is 6.04 Å². The van der Waals surface area contributed by atoms with E-state index in [9.17, 15) is 14.4 Å². The molecule has 0 saturated carbocycles. The summed E-state index contributed by atoms with van der Waals surface area (Å²) < 4.78 is 1.63. The fourth-order valence-corrected chi connectivity index (χ4v) is 4.55. The Kier molecular flexibility index (Phi) is 8.02. The molecule has 4 rings (SSSR count). The number of likely N-dealkylation sites (tertiary alicyclic amines) is 2. The monoisotopic (exact) mass is 493 g/mol. The second-order valence-corrected chi connectivity index (χ2v) is 9.58. The van der Waals surface area contributed by atoms with E-state index in [1.807, 2.05) is 43.0 Å². The number of aliphatic imine (C=N–C) groups is 1. The first-order valence-corrected chi connectivity index (χ1v) is 12.6. The van der Waals surface area contributed by atoms with Gasteiger partial charge < -0.3 is 15.1 Å². The zero-order valence-electron chi connectivity index (χ0n) is 21.3. The van der Waals surface area contributed by atoms with Gasteiger partial charge in [0.15, 0.2) is 5.69 Å². The summed E-state index contributed by atoms with van der Waals surface area (Å²) in [5, 5.41) is 10.2. The normalized spacial score (nSPS) is 18.8. The first kappa shape index (κ1) is 25.4. The standard InChI is InChI=1S/C26H35N7O3/c1-18-9-8-10-20(15-18)27-26(29-24(35)22-16-19(2)31(3)30-22)28-21-11-4-5-14-33(25(21)36)17-23(34)32-12-6-7-13-32/h8-10,15-16,21H,4-7,11-14,17H2,1-3H3,(H2,27,28,29,35)/t21-/m0/s1. The van der Waals surface area contributed by atoms with Crippen LogP contribution < -0.4 is 10.6 Å². The number of hydrogen-bond donors (Lipinski definition) is 2. The third-order valence-corrected chi connectivity index (χ3v) is 6.68. The molecule has 10 heteroatoms. The number of hydrogen-bond acceptors (Lipinski definition) is 5. The molecule has 3 amide bonds. The summed E-state index contributed by atoms with van der Waals surface area (Å²) in [5.74, 6) is -0.436. The van der Waals surface area contributed by atoms with Gasteiger partial charge in [-0.2, -0.15) is 5.10 Å². The topological polar surface area (TPSA) is 112 Å². The van der Waals surface area contributed by atoms with Crippen LogP contribution in [-0.2, 0) is 16.6 Å². The number of nitrogens with zero attached hydrogens (tertiary/aromatic N) is 5. The van der Waals surface area contributed by atoms with E-state index < -0.39 is 11.9 Å². The number of anilines is 1. The molecule has 2 aliphatic heterocycles. The summed E-state index contributed by atoms with van der Waals surface area (Å²) in [6.07, 6.45) is 4.18. The van der Waals surface area contributed by atoms with Gasteiger partial charge in [-0.25, -0.2) is 4.99 Å². The van der Waals surface area contributed by atoms with Gasteiger partial charge in [-0.05, 0) is 69.7 Å². The van der Waals surface area contributed by atoms with Crippen molar-refractivity contribution >= 4 is 29.4 Å². The highest BCUT2D eigenvalue weighted by atomic mass is 16.2. The number of benzene rings is 1. The SMILES string of the molecule is Cc1cccc(NC(=N[C@H]2CCCCN(CC(=O)N3CCCC3)C2=O)NC(=O)c2cc(C)n(C)n2)c1. The molecule has 0 spiro atoms. The van der Waals surface area contributed by atoms with E-state index in [4.69, 9.17) is 0 Å². The highest BCUT2D eigenvalue weighted by molar-refractivity contribution is 6.09. The lowest BCUT2D eigenvalue weighted by atomic mass is 10.1. The van der Waals surface area contributed by atoms with Crippen LogP contribution in [0, 0.1) is 13.8 Å². The van der Waals surface area contributed by atoms with Crippen LogP contribution in [0.3, 0.4) is 0 Å². The number of aryl methyl sites for hydroxylation is 3. The minimum Gasteiger partial charge on any atom is -0.341 e. The van der Waals surface area contributed by atoms with Crippen LogP contribution >= 0.6 is 0 Å². The van der Waals surface area contributed by atoms with Gasteiger partial charge in [0.2, 0.25) is 17.8 Å². The van der Waals surface area contributed by atoms with Gasteiger partial charge in [0, 0.05) is 38.1 Å². The fraction of sp³-hybridized carbons (Fsp3) is 0.500. The zero-order valence-corrected chi connectivity index (χ0v) is 21.3. The Morgan fingerprint density at radius 3 is 2.53 bits per heavy atom. The molecule has 2 aromatic rings. The van der Waals surface area contributed by atoms with Gasteiger partial charge in [-0.15, -0.1) is 0 Å². The minimum absolute atomic E-state index is 0.0117. The lowest BCUT2D eigenvalue weighted by molar-refractivity contribution is -0.140. The van der Waals surface area contributed by atoms with Crippen molar-refractivity contribution < 1.29 is 14.4 Å². The summed E-state index contributed by atoms with van der Waals surface area (Å²) in [7, 11) is 1.77. The molecule has 2 aliphatic rings. The number of rotatable bonds is 5. The lowest BCUT2D eigenvalue weighted by Crippen LogP contribution is -2.45. The van der Waals surface area contributed by atoms with Crippen molar-refractivity contribution in [3.8, 4) is 0 Å². The number of amides is 3. The van der Waals surface area contributed by atoms with E-state index in [0.717, 1.165) is 55.7 Å². The predicted molar refractivity (Wildman–Crippen MR) is 138 cm³/mol. The van der Waals surface area contributed by atoms with Crippen molar-refractivity contribution in [2.24, 2.45) is 12.0 Å². The van der Waals surface area contributed by atoms with E-state index in [-0.39, 0.29) is 30.0 Å². The summed E-state index contributed by atoms with van der Waals surface area (Å²) in [4.78, 5) is 47.3. The van der Waals surface area contributed by atoms with Gasteiger partial charge in [-0.3, -0.25) is 24.4 Å². The Hall–Kier alpha value is -3.69. The molecule has 2 saturated heterocycles. The molecule has 1 aromatic heterocycles. The summed E-state index contributed by atoms with van der Waals surface area (Å²) >= 11 is 0. The maximum Gasteiger partial charge on any atom is 0.278 e. The molecule has 1 aromatic carbocycles. The van der Waals surface area contributed by atoms with E-state index in [1.165, 1.54) is 0 Å². The molecule has 0 aliphatic carbocycles. The fourth-order valence-electron chi connectivity index (χ4n) is 4.55. The first-order valence-electron chi connectivity index (χ1n) is 12.6. The number of nitrogens with one attached hydrogen (secondary N) is 2. The largest absolute Gasteiger partial charge is 0.341 e. The van der Waals surface area contributed by atoms with E-state index in [1.54, 1.807) is 22.7 Å². The van der Waals surface area contributed by atoms with Crippen LogP contribution in [0.5, 0.6) is 0 Å². The average Bonchev–Trinajstić information content (AvgIpc) is 3.46. The van der Waals surface area contributed by atoms with Crippen molar-refractivity contribution in [1.82, 2.24) is 24.9 Å². The Morgan fingerprint density at radius 2 is 1.83 bits per heavy atom. The molecule has 3 heterocycles. The van der Waals surface area contributed by atoms with Gasteiger partial charge >= 0.3 is 0 Å². The average molecular weight is 494 g/mol. The molecular weight excluding hydrogens is 458 g/mol. The van der Waals surface area contributed by atoms with Crippen LogP contribution in [0.25, 0.3) is 0 Å². The molecule has 2 fully saturated rings. The summed E-state index contributed by atoms with van der Waals surface area (Å²) in [6.45, 7) is 5.96. The van der Waals surface area contributed by atoms with Crippen LogP contribution in [0.15, 0.2) is 35.3 Å². The number of carbonyl (C=O) groups excluding carboxylic acids is 3. The molecule has 1 atom stereocenters. The lowest BCUT2D eigenvalue weighted by Gasteiger charge is -2.25. The smallest absolute Gasteiger partial charge is 0.278 e. The Labute approximate surface area is 211 Å². The molecule has 192 valence electrons. The van der Waals surface area contributed by atoms with E-state index in [0.29, 0.717) is 13.0 Å². The van der Waals surface area contributed by atoms with Crippen LogP contribution in [-0.4, -0.2) is 75.5 Å².